The van der Waals surface area contributed by atoms with Crippen molar-refractivity contribution in [3.8, 4) is 0 Å². The molecule has 1 heterocycles. The molecule has 1 saturated heterocycles. The van der Waals surface area contributed by atoms with Gasteiger partial charge < -0.3 is 4.90 Å². The van der Waals surface area contributed by atoms with Crippen LogP contribution in [-0.2, 0) is 16.4 Å². The summed E-state index contributed by atoms with van der Waals surface area (Å²) in [4.78, 5) is 14.6. The number of carbonyl (C=O) groups is 1. The molecular weight excluding hydrogens is 346 g/mol. The maximum Gasteiger partial charge on any atom is 0.254 e. The van der Waals surface area contributed by atoms with Crippen molar-refractivity contribution in [1.82, 2.24) is 4.90 Å². The maximum absolute atomic E-state index is 12.9. The van der Waals surface area contributed by atoms with Gasteiger partial charge in [-0.25, -0.2) is 8.42 Å². The molecule has 3 rings (SSSR count). The Morgan fingerprint density at radius 1 is 1.12 bits per heavy atom. The lowest BCUT2D eigenvalue weighted by Gasteiger charge is -2.28. The van der Waals surface area contributed by atoms with Crippen molar-refractivity contribution in [1.29, 1.82) is 0 Å². The van der Waals surface area contributed by atoms with Gasteiger partial charge in [0.15, 0.2) is 9.84 Å². The van der Waals surface area contributed by atoms with Crippen LogP contribution < -0.4 is 0 Å². The van der Waals surface area contributed by atoms with Gasteiger partial charge in [0.05, 0.1) is 11.5 Å². The fourth-order valence-electron chi connectivity index (χ4n) is 2.97. The van der Waals surface area contributed by atoms with Gasteiger partial charge in [0.2, 0.25) is 0 Å². The number of hydrogen-bond donors (Lipinski definition) is 0. The second kappa shape index (κ2) is 6.95. The first kappa shape index (κ1) is 17.0. The number of benzene rings is 2. The van der Waals surface area contributed by atoms with Crippen molar-refractivity contribution in [2.45, 2.75) is 19.0 Å². The minimum Gasteiger partial charge on any atom is -0.330 e. The normalized spacial score (nSPS) is 19.1. The Morgan fingerprint density at radius 3 is 2.50 bits per heavy atom. The largest absolute Gasteiger partial charge is 0.330 e. The Morgan fingerprint density at radius 2 is 1.88 bits per heavy atom. The number of amides is 1. The molecule has 0 spiro atoms. The highest BCUT2D eigenvalue weighted by molar-refractivity contribution is 7.91. The van der Waals surface area contributed by atoms with Gasteiger partial charge in [0, 0.05) is 23.2 Å². The van der Waals surface area contributed by atoms with Gasteiger partial charge in [-0.05, 0) is 36.2 Å². The number of halogens is 1. The third-order valence-electron chi connectivity index (χ3n) is 4.17. The van der Waals surface area contributed by atoms with Crippen LogP contribution >= 0.6 is 11.6 Å². The van der Waals surface area contributed by atoms with E-state index in [1.807, 2.05) is 18.2 Å². The van der Waals surface area contributed by atoms with Crippen molar-refractivity contribution in [3.63, 3.8) is 0 Å². The van der Waals surface area contributed by atoms with E-state index < -0.39 is 9.84 Å². The second-order valence-electron chi connectivity index (χ2n) is 5.99. The van der Waals surface area contributed by atoms with Crippen LogP contribution in [0, 0.1) is 0 Å². The molecule has 126 valence electrons. The van der Waals surface area contributed by atoms with Crippen LogP contribution in [0.2, 0.25) is 5.02 Å². The van der Waals surface area contributed by atoms with E-state index in [-0.39, 0.29) is 23.5 Å². The van der Waals surface area contributed by atoms with Crippen LogP contribution in [0.3, 0.4) is 0 Å². The van der Waals surface area contributed by atoms with Crippen molar-refractivity contribution < 1.29 is 13.2 Å². The Balaban J connectivity index is 1.90. The van der Waals surface area contributed by atoms with E-state index in [1.165, 1.54) is 0 Å². The Bertz CT molecular complexity index is 836. The SMILES string of the molecule is O=C(c1ccccc1)N(Cc1cccc(Cl)c1)C1CCS(=O)(=O)C1. The highest BCUT2D eigenvalue weighted by Gasteiger charge is 2.35. The van der Waals surface area contributed by atoms with Gasteiger partial charge >= 0.3 is 0 Å². The predicted molar refractivity (Wildman–Crippen MR) is 94.8 cm³/mol. The van der Waals surface area contributed by atoms with Gasteiger partial charge in [0.1, 0.15) is 0 Å². The lowest BCUT2D eigenvalue weighted by Crippen LogP contribution is -2.40. The second-order valence-corrected chi connectivity index (χ2v) is 8.65. The van der Waals surface area contributed by atoms with E-state index in [0.717, 1.165) is 5.56 Å². The molecule has 2 aromatic carbocycles. The summed E-state index contributed by atoms with van der Waals surface area (Å²) in [5.74, 6) is -0.00421. The van der Waals surface area contributed by atoms with Gasteiger partial charge in [-0.2, -0.15) is 0 Å². The quantitative estimate of drug-likeness (QED) is 0.838. The van der Waals surface area contributed by atoms with Crippen molar-refractivity contribution in [2.24, 2.45) is 0 Å². The Kier molecular flexibility index (Phi) is 4.92. The van der Waals surface area contributed by atoms with Crippen molar-refractivity contribution in [2.75, 3.05) is 11.5 Å². The highest BCUT2D eigenvalue weighted by atomic mass is 35.5. The molecular formula is C18H18ClNO3S. The third kappa shape index (κ3) is 3.97. The molecule has 4 nitrogen and oxygen atoms in total. The lowest BCUT2D eigenvalue weighted by atomic mass is 10.1. The summed E-state index contributed by atoms with van der Waals surface area (Å²) in [6.45, 7) is 0.342. The van der Waals surface area contributed by atoms with E-state index in [4.69, 9.17) is 11.6 Å². The molecule has 0 aromatic heterocycles. The van der Waals surface area contributed by atoms with E-state index in [1.54, 1.807) is 41.3 Å². The zero-order chi connectivity index (χ0) is 17.2. The first-order valence-corrected chi connectivity index (χ1v) is 9.95. The minimum atomic E-state index is -3.08. The average molecular weight is 364 g/mol. The molecule has 2 aromatic rings. The van der Waals surface area contributed by atoms with E-state index in [9.17, 15) is 13.2 Å². The van der Waals surface area contributed by atoms with Gasteiger partial charge in [-0.1, -0.05) is 41.9 Å². The number of sulfone groups is 1. The van der Waals surface area contributed by atoms with Crippen LogP contribution in [0.4, 0.5) is 0 Å². The summed E-state index contributed by atoms with van der Waals surface area (Å²) >= 11 is 6.03. The standard InChI is InChI=1S/C18H18ClNO3S/c19-16-8-4-5-14(11-16)12-20(17-9-10-24(22,23)13-17)18(21)15-6-2-1-3-7-15/h1-8,11,17H,9-10,12-13H2. The summed E-state index contributed by atoms with van der Waals surface area (Å²) in [7, 11) is -3.08. The molecule has 1 atom stereocenters. The first-order chi connectivity index (χ1) is 11.4. The predicted octanol–water partition coefficient (Wildman–Crippen LogP) is 3.17. The molecule has 1 amide bonds. The molecule has 0 aliphatic carbocycles. The van der Waals surface area contributed by atoms with Crippen LogP contribution in [-0.4, -0.2) is 36.8 Å². The lowest BCUT2D eigenvalue weighted by molar-refractivity contribution is 0.0681. The molecule has 0 bridgehead atoms. The Labute approximate surface area is 147 Å². The van der Waals surface area contributed by atoms with Crippen molar-refractivity contribution in [3.05, 3.63) is 70.7 Å². The highest BCUT2D eigenvalue weighted by Crippen LogP contribution is 2.23. The topological polar surface area (TPSA) is 54.5 Å². The summed E-state index contributed by atoms with van der Waals surface area (Å²) in [6, 6.07) is 15.9. The zero-order valence-corrected chi connectivity index (χ0v) is 14.6. The number of rotatable bonds is 4. The monoisotopic (exact) mass is 363 g/mol. The zero-order valence-electron chi connectivity index (χ0n) is 13.1. The van der Waals surface area contributed by atoms with E-state index in [2.05, 4.69) is 0 Å². The molecule has 0 N–H and O–H groups in total. The summed E-state index contributed by atoms with van der Waals surface area (Å²) < 4.78 is 23.7. The maximum atomic E-state index is 12.9. The van der Waals surface area contributed by atoms with Crippen LogP contribution in [0.5, 0.6) is 0 Å². The van der Waals surface area contributed by atoms with Crippen molar-refractivity contribution >= 4 is 27.3 Å². The molecule has 24 heavy (non-hydrogen) atoms. The summed E-state index contributed by atoms with van der Waals surface area (Å²) in [5.41, 5.74) is 1.44. The molecule has 1 fully saturated rings. The van der Waals surface area contributed by atoms with E-state index in [0.29, 0.717) is 23.6 Å². The van der Waals surface area contributed by atoms with E-state index >= 15 is 0 Å². The molecule has 1 aliphatic rings. The first-order valence-electron chi connectivity index (χ1n) is 7.75. The minimum absolute atomic E-state index is 0.0200. The smallest absolute Gasteiger partial charge is 0.254 e. The Hall–Kier alpha value is -1.85. The summed E-state index contributed by atoms with van der Waals surface area (Å²) in [5, 5.41) is 0.596. The molecule has 1 unspecified atom stereocenters. The number of nitrogens with zero attached hydrogens (tertiary/aromatic N) is 1. The van der Waals surface area contributed by atoms with Gasteiger partial charge in [-0.15, -0.1) is 0 Å². The molecule has 6 heteroatoms. The fraction of sp³-hybridized carbons (Fsp3) is 0.278. The number of carbonyl (C=O) groups excluding carboxylic acids is 1. The average Bonchev–Trinajstić information content (AvgIpc) is 2.93. The molecule has 1 aliphatic heterocycles. The fourth-order valence-corrected chi connectivity index (χ4v) is 4.91. The summed E-state index contributed by atoms with van der Waals surface area (Å²) in [6.07, 6.45) is 0.474. The van der Waals surface area contributed by atoms with Crippen LogP contribution in [0.15, 0.2) is 54.6 Å². The van der Waals surface area contributed by atoms with Crippen LogP contribution in [0.1, 0.15) is 22.3 Å². The molecule has 0 radical (unpaired) electrons. The van der Waals surface area contributed by atoms with Crippen LogP contribution in [0.25, 0.3) is 0 Å². The van der Waals surface area contributed by atoms with Gasteiger partial charge in [-0.3, -0.25) is 4.79 Å². The van der Waals surface area contributed by atoms with Gasteiger partial charge in [0.25, 0.3) is 5.91 Å². The third-order valence-corrected chi connectivity index (χ3v) is 6.16. The molecule has 0 saturated carbocycles. The number of hydrogen-bond acceptors (Lipinski definition) is 3.